The molecule has 1 rings (SSSR count). The van der Waals surface area contributed by atoms with Crippen molar-refractivity contribution in [3.8, 4) is 0 Å². The summed E-state index contributed by atoms with van der Waals surface area (Å²) >= 11 is 1.76. The molecule has 0 atom stereocenters. The Kier molecular flexibility index (Phi) is 10.3. The number of rotatable bonds is 10. The summed E-state index contributed by atoms with van der Waals surface area (Å²) in [5, 5.41) is 8.79. The van der Waals surface area contributed by atoms with Gasteiger partial charge in [0.2, 0.25) is 5.91 Å². The highest BCUT2D eigenvalue weighted by atomic mass is 32.1. The van der Waals surface area contributed by atoms with Crippen LogP contribution in [-0.4, -0.2) is 74.0 Å². The van der Waals surface area contributed by atoms with Crippen molar-refractivity contribution >= 4 is 23.2 Å². The van der Waals surface area contributed by atoms with E-state index in [1.165, 1.54) is 4.88 Å². The lowest BCUT2D eigenvalue weighted by molar-refractivity contribution is -0.127. The van der Waals surface area contributed by atoms with Gasteiger partial charge in [0.1, 0.15) is 6.54 Å². The van der Waals surface area contributed by atoms with Crippen LogP contribution in [0.1, 0.15) is 32.6 Å². The van der Waals surface area contributed by atoms with E-state index in [0.717, 1.165) is 26.1 Å². The number of guanidine groups is 1. The second-order valence-corrected chi connectivity index (χ2v) is 8.09. The Morgan fingerprint density at radius 2 is 1.81 bits per heavy atom. The minimum Gasteiger partial charge on any atom is -0.356 e. The van der Waals surface area contributed by atoms with E-state index >= 15 is 0 Å². The third kappa shape index (κ3) is 8.67. The van der Waals surface area contributed by atoms with Gasteiger partial charge in [-0.3, -0.25) is 9.69 Å². The second kappa shape index (κ2) is 11.9. The Hall–Kier alpha value is -1.60. The van der Waals surface area contributed by atoms with Crippen LogP contribution in [0, 0.1) is 0 Å². The maximum atomic E-state index is 11.8. The monoisotopic (exact) mass is 381 g/mol. The average molecular weight is 382 g/mol. The molecule has 1 aromatic rings. The topological polar surface area (TPSA) is 60.0 Å². The van der Waals surface area contributed by atoms with Crippen LogP contribution in [0.3, 0.4) is 0 Å². The minimum absolute atomic E-state index is 0.00431. The Bertz CT molecular complexity index is 532. The first kappa shape index (κ1) is 22.4. The van der Waals surface area contributed by atoms with Gasteiger partial charge in [0, 0.05) is 50.7 Å². The Morgan fingerprint density at radius 3 is 2.35 bits per heavy atom. The van der Waals surface area contributed by atoms with E-state index < -0.39 is 0 Å². The predicted octanol–water partition coefficient (Wildman–Crippen LogP) is 2.03. The number of amides is 1. The molecule has 7 heteroatoms. The molecule has 0 fully saturated rings. The van der Waals surface area contributed by atoms with Crippen LogP contribution in [0.2, 0.25) is 0 Å². The Morgan fingerprint density at radius 1 is 1.15 bits per heavy atom. The molecule has 0 saturated carbocycles. The summed E-state index contributed by atoms with van der Waals surface area (Å²) in [6.07, 6.45) is 0.949. The number of nitrogens with one attached hydrogen (secondary N) is 2. The van der Waals surface area contributed by atoms with Crippen molar-refractivity contribution in [2.75, 3.05) is 40.3 Å². The molecule has 2 N–H and O–H groups in total. The van der Waals surface area contributed by atoms with E-state index in [1.807, 2.05) is 0 Å². The minimum atomic E-state index is -0.00431. The normalized spacial score (nSPS) is 12.1. The second-order valence-electron chi connectivity index (χ2n) is 7.06. The lowest BCUT2D eigenvalue weighted by Gasteiger charge is -2.30. The van der Waals surface area contributed by atoms with E-state index in [2.05, 4.69) is 65.7 Å². The van der Waals surface area contributed by atoms with Crippen molar-refractivity contribution in [2.45, 2.75) is 46.2 Å². The van der Waals surface area contributed by atoms with E-state index in [1.54, 1.807) is 30.3 Å². The Balaban J connectivity index is 2.55. The van der Waals surface area contributed by atoms with Crippen LogP contribution < -0.4 is 10.6 Å². The number of aliphatic imine (C=N–C) groups is 1. The fraction of sp³-hybridized carbons (Fsp3) is 0.684. The number of carbonyl (C=O) groups excluding carboxylic acids is 1. The molecular weight excluding hydrogens is 346 g/mol. The van der Waals surface area contributed by atoms with Crippen molar-refractivity contribution in [1.29, 1.82) is 0 Å². The van der Waals surface area contributed by atoms with E-state index in [0.29, 0.717) is 18.0 Å². The highest BCUT2D eigenvalue weighted by molar-refractivity contribution is 7.09. The molecule has 0 aliphatic rings. The van der Waals surface area contributed by atoms with Gasteiger partial charge in [0.15, 0.2) is 5.96 Å². The van der Waals surface area contributed by atoms with Gasteiger partial charge >= 0.3 is 0 Å². The van der Waals surface area contributed by atoms with Crippen molar-refractivity contribution in [3.05, 3.63) is 22.4 Å². The Labute approximate surface area is 162 Å². The first-order valence-electron chi connectivity index (χ1n) is 9.31. The maximum Gasteiger partial charge on any atom is 0.243 e. The molecule has 1 amide bonds. The summed E-state index contributed by atoms with van der Waals surface area (Å²) < 4.78 is 0. The van der Waals surface area contributed by atoms with Crippen molar-refractivity contribution in [1.82, 2.24) is 20.4 Å². The molecule has 0 saturated heterocycles. The van der Waals surface area contributed by atoms with Crippen LogP contribution in [0.5, 0.6) is 0 Å². The van der Waals surface area contributed by atoms with Crippen molar-refractivity contribution in [3.63, 3.8) is 0 Å². The molecule has 1 heterocycles. The third-order valence-electron chi connectivity index (χ3n) is 4.10. The summed E-state index contributed by atoms with van der Waals surface area (Å²) in [4.78, 5) is 21.6. The molecule has 1 aromatic heterocycles. The van der Waals surface area contributed by atoms with Gasteiger partial charge < -0.3 is 15.5 Å². The van der Waals surface area contributed by atoms with Crippen LogP contribution in [-0.2, 0) is 11.2 Å². The maximum absolute atomic E-state index is 11.8. The van der Waals surface area contributed by atoms with E-state index in [4.69, 9.17) is 0 Å². The first-order chi connectivity index (χ1) is 12.3. The zero-order chi connectivity index (χ0) is 19.5. The fourth-order valence-corrected chi connectivity index (χ4v) is 3.35. The first-order valence-corrected chi connectivity index (χ1v) is 10.2. The van der Waals surface area contributed by atoms with Crippen molar-refractivity contribution < 1.29 is 4.79 Å². The molecule has 0 aliphatic carbocycles. The standard InChI is InChI=1S/C19H35N5OS/c1-15(2)24(16(3)4)12-11-21-19(22-14-18(25)23(5)6)20-10-9-17-8-7-13-26-17/h7-8,13,15-16H,9-12,14H2,1-6H3,(H2,20,21,22). The fourth-order valence-electron chi connectivity index (χ4n) is 2.64. The number of carbonyl (C=O) groups is 1. The molecule has 0 radical (unpaired) electrons. The number of hydrogen-bond donors (Lipinski definition) is 2. The van der Waals surface area contributed by atoms with Gasteiger partial charge in [-0.25, -0.2) is 4.99 Å². The smallest absolute Gasteiger partial charge is 0.243 e. The van der Waals surface area contributed by atoms with Gasteiger partial charge in [0.05, 0.1) is 0 Å². The SMILES string of the molecule is CC(C)N(CCNC(=NCC(=O)N(C)C)NCCc1cccs1)C(C)C. The van der Waals surface area contributed by atoms with Crippen LogP contribution in [0.15, 0.2) is 22.5 Å². The third-order valence-corrected chi connectivity index (χ3v) is 5.04. The van der Waals surface area contributed by atoms with Crippen molar-refractivity contribution in [2.24, 2.45) is 4.99 Å². The van der Waals surface area contributed by atoms with Crippen LogP contribution in [0.25, 0.3) is 0 Å². The molecule has 0 aliphatic heterocycles. The van der Waals surface area contributed by atoms with Gasteiger partial charge in [-0.1, -0.05) is 6.07 Å². The summed E-state index contributed by atoms with van der Waals surface area (Å²) in [5.41, 5.74) is 0. The van der Waals surface area contributed by atoms with Crippen LogP contribution >= 0.6 is 11.3 Å². The molecule has 0 spiro atoms. The number of thiophene rings is 1. The molecule has 0 unspecified atom stereocenters. The highest BCUT2D eigenvalue weighted by Crippen LogP contribution is 2.08. The van der Waals surface area contributed by atoms with Gasteiger partial charge in [-0.05, 0) is 45.6 Å². The van der Waals surface area contributed by atoms with Gasteiger partial charge in [0.25, 0.3) is 0 Å². The summed E-state index contributed by atoms with van der Waals surface area (Å²) in [7, 11) is 3.50. The molecule has 148 valence electrons. The van der Waals surface area contributed by atoms with E-state index in [-0.39, 0.29) is 12.5 Å². The van der Waals surface area contributed by atoms with Crippen LogP contribution in [0.4, 0.5) is 0 Å². The average Bonchev–Trinajstić information content (AvgIpc) is 3.07. The molecule has 0 aromatic carbocycles. The van der Waals surface area contributed by atoms with E-state index in [9.17, 15) is 4.79 Å². The zero-order valence-corrected chi connectivity index (χ0v) is 17.9. The lowest BCUT2D eigenvalue weighted by Crippen LogP contribution is -2.46. The quantitative estimate of drug-likeness (QED) is 0.481. The highest BCUT2D eigenvalue weighted by Gasteiger charge is 2.13. The zero-order valence-electron chi connectivity index (χ0n) is 17.1. The number of nitrogens with zero attached hydrogens (tertiary/aromatic N) is 3. The molecular formula is C19H35N5OS. The number of hydrogen-bond acceptors (Lipinski definition) is 4. The summed E-state index contributed by atoms with van der Waals surface area (Å²) in [5.74, 6) is 0.694. The predicted molar refractivity (Wildman–Crippen MR) is 112 cm³/mol. The largest absolute Gasteiger partial charge is 0.356 e. The molecule has 0 bridgehead atoms. The lowest BCUT2D eigenvalue weighted by atomic mass is 10.2. The van der Waals surface area contributed by atoms with Gasteiger partial charge in [-0.2, -0.15) is 0 Å². The number of likely N-dealkylation sites (N-methyl/N-ethyl adjacent to an activating group) is 1. The molecule has 26 heavy (non-hydrogen) atoms. The summed E-state index contributed by atoms with van der Waals surface area (Å²) in [6.45, 7) is 11.5. The van der Waals surface area contributed by atoms with Gasteiger partial charge in [-0.15, -0.1) is 11.3 Å². The molecule has 6 nitrogen and oxygen atoms in total. The summed E-state index contributed by atoms with van der Waals surface area (Å²) in [6, 6.07) is 5.20.